The fourth-order valence-electron chi connectivity index (χ4n) is 5.31. The van der Waals surface area contributed by atoms with Crippen LogP contribution >= 0.6 is 0 Å². The summed E-state index contributed by atoms with van der Waals surface area (Å²) in [5.74, 6) is 2.52. The van der Waals surface area contributed by atoms with Crippen molar-refractivity contribution in [3.8, 4) is 5.75 Å². The summed E-state index contributed by atoms with van der Waals surface area (Å²) in [5, 5.41) is 0. The van der Waals surface area contributed by atoms with Gasteiger partial charge < -0.3 is 19.3 Å². The topological polar surface area (TPSA) is 67.8 Å². The van der Waals surface area contributed by atoms with E-state index in [9.17, 15) is 4.79 Å². The first-order chi connectivity index (χ1) is 18.2. The molecule has 2 aromatic rings. The third kappa shape index (κ3) is 7.06. The van der Waals surface area contributed by atoms with E-state index >= 15 is 0 Å². The molecule has 38 heavy (non-hydrogen) atoms. The van der Waals surface area contributed by atoms with Crippen molar-refractivity contribution in [1.82, 2.24) is 14.9 Å². The number of hydrogen-bond acceptors (Lipinski definition) is 6. The number of benzene rings is 1. The molecule has 206 valence electrons. The van der Waals surface area contributed by atoms with Gasteiger partial charge in [-0.25, -0.2) is 14.8 Å². The third-order valence-electron chi connectivity index (χ3n) is 7.34. The van der Waals surface area contributed by atoms with Gasteiger partial charge >= 0.3 is 6.09 Å². The van der Waals surface area contributed by atoms with Gasteiger partial charge in [0.05, 0.1) is 12.8 Å². The summed E-state index contributed by atoms with van der Waals surface area (Å²) in [7, 11) is 1.71. The van der Waals surface area contributed by atoms with Crippen molar-refractivity contribution in [2.45, 2.75) is 84.8 Å². The van der Waals surface area contributed by atoms with E-state index in [1.54, 1.807) is 13.4 Å². The van der Waals surface area contributed by atoms with Gasteiger partial charge in [-0.2, -0.15) is 0 Å². The van der Waals surface area contributed by atoms with Crippen LogP contribution in [0, 0.1) is 5.92 Å². The maximum absolute atomic E-state index is 12.7. The lowest BCUT2D eigenvalue weighted by molar-refractivity contribution is 0.0218. The highest BCUT2D eigenvalue weighted by atomic mass is 16.6. The van der Waals surface area contributed by atoms with Gasteiger partial charge in [0.25, 0.3) is 0 Å². The molecule has 1 aliphatic heterocycles. The van der Waals surface area contributed by atoms with Crippen molar-refractivity contribution in [2.24, 2.45) is 5.92 Å². The molecular weight excluding hydrogens is 476 g/mol. The predicted molar refractivity (Wildman–Crippen MR) is 153 cm³/mol. The van der Waals surface area contributed by atoms with E-state index < -0.39 is 5.60 Å². The van der Waals surface area contributed by atoms with Crippen molar-refractivity contribution in [3.63, 3.8) is 0 Å². The van der Waals surface area contributed by atoms with Crippen LogP contribution in [0.1, 0.15) is 77.1 Å². The Morgan fingerprint density at radius 1 is 1.13 bits per heavy atom. The Kier molecular flexibility index (Phi) is 8.95. The highest BCUT2D eigenvalue weighted by Crippen LogP contribution is 2.45. The summed E-state index contributed by atoms with van der Waals surface area (Å²) in [6, 6.07) is 8.46. The number of anilines is 1. The number of carbonyl (C=O) groups is 1. The summed E-state index contributed by atoms with van der Waals surface area (Å²) in [6.07, 6.45) is 10.3. The van der Waals surface area contributed by atoms with Crippen LogP contribution in [0.4, 0.5) is 10.6 Å². The van der Waals surface area contributed by atoms with E-state index in [0.717, 1.165) is 49.5 Å². The van der Waals surface area contributed by atoms with Gasteiger partial charge in [-0.1, -0.05) is 18.2 Å². The minimum absolute atomic E-state index is 0.128. The molecule has 1 aliphatic carbocycles. The van der Waals surface area contributed by atoms with Crippen LogP contribution in [-0.2, 0) is 17.6 Å². The second-order valence-electron chi connectivity index (χ2n) is 11.6. The normalized spacial score (nSPS) is 18.5. The zero-order chi connectivity index (χ0) is 27.3. The van der Waals surface area contributed by atoms with Gasteiger partial charge in [-0.3, -0.25) is 0 Å². The molecule has 0 N–H and O–H groups in total. The maximum atomic E-state index is 12.7. The first-order valence-electron chi connectivity index (χ1n) is 14.1. The van der Waals surface area contributed by atoms with Crippen molar-refractivity contribution >= 4 is 17.5 Å². The quantitative estimate of drug-likeness (QED) is 0.361. The summed E-state index contributed by atoms with van der Waals surface area (Å²) in [4.78, 5) is 26.5. The Bertz CT molecular complexity index is 1140. The molecule has 2 heterocycles. The summed E-state index contributed by atoms with van der Waals surface area (Å²) in [5.41, 5.74) is 4.55. The maximum Gasteiger partial charge on any atom is 0.410 e. The first-order valence-corrected chi connectivity index (χ1v) is 14.1. The van der Waals surface area contributed by atoms with Gasteiger partial charge in [0, 0.05) is 31.2 Å². The lowest BCUT2D eigenvalue weighted by atomic mass is 9.95. The summed E-state index contributed by atoms with van der Waals surface area (Å²) >= 11 is 0. The zero-order valence-corrected chi connectivity index (χ0v) is 24.0. The SMILES string of the molecule is C/C=C(\c1c(CCCCc2cccc(OC)c2)ncnc1N1CCN(C(=O)OC(C)(C)C)C[C@H]1C)C1CC1. The molecule has 2 fully saturated rings. The number of aromatic nitrogens is 2. The van der Waals surface area contributed by atoms with Crippen molar-refractivity contribution in [1.29, 1.82) is 0 Å². The van der Waals surface area contributed by atoms with E-state index in [2.05, 4.69) is 43.0 Å². The number of carbonyl (C=O) groups excluding carboxylic acids is 1. The van der Waals surface area contributed by atoms with Crippen LogP contribution in [0.2, 0.25) is 0 Å². The fraction of sp³-hybridized carbons (Fsp3) is 0.581. The van der Waals surface area contributed by atoms with Crippen LogP contribution in [-0.4, -0.2) is 59.3 Å². The predicted octanol–water partition coefficient (Wildman–Crippen LogP) is 6.31. The Morgan fingerprint density at radius 3 is 2.55 bits per heavy atom. The third-order valence-corrected chi connectivity index (χ3v) is 7.34. The number of aryl methyl sites for hydroxylation is 2. The number of nitrogens with zero attached hydrogens (tertiary/aromatic N) is 4. The smallest absolute Gasteiger partial charge is 0.410 e. The Hall–Kier alpha value is -3.09. The molecule has 7 heteroatoms. The van der Waals surface area contributed by atoms with Crippen LogP contribution in [0.15, 0.2) is 36.7 Å². The average molecular weight is 521 g/mol. The highest BCUT2D eigenvalue weighted by Gasteiger charge is 2.35. The van der Waals surface area contributed by atoms with E-state index in [-0.39, 0.29) is 12.1 Å². The van der Waals surface area contributed by atoms with Crippen LogP contribution in [0.25, 0.3) is 5.57 Å². The molecule has 2 aliphatic rings. The Balaban J connectivity index is 1.49. The molecule has 4 rings (SSSR count). The number of ether oxygens (including phenoxy) is 2. The summed E-state index contributed by atoms with van der Waals surface area (Å²) < 4.78 is 11.0. The van der Waals surface area contributed by atoms with E-state index in [0.29, 0.717) is 19.0 Å². The number of rotatable bonds is 9. The summed E-state index contributed by atoms with van der Waals surface area (Å²) in [6.45, 7) is 12.0. The number of methoxy groups -OCH3 is 1. The van der Waals surface area contributed by atoms with E-state index in [4.69, 9.17) is 19.4 Å². The van der Waals surface area contributed by atoms with E-state index in [1.807, 2.05) is 31.7 Å². The Morgan fingerprint density at radius 2 is 1.89 bits per heavy atom. The van der Waals surface area contributed by atoms with Crippen molar-refractivity contribution in [3.05, 3.63) is 53.5 Å². The average Bonchev–Trinajstić information content (AvgIpc) is 3.72. The van der Waals surface area contributed by atoms with Gasteiger partial charge in [-0.15, -0.1) is 0 Å². The van der Waals surface area contributed by atoms with E-state index in [1.165, 1.54) is 29.5 Å². The van der Waals surface area contributed by atoms with Crippen LogP contribution in [0.5, 0.6) is 5.75 Å². The van der Waals surface area contributed by atoms with Crippen LogP contribution < -0.4 is 9.64 Å². The fourth-order valence-corrected chi connectivity index (χ4v) is 5.31. The molecule has 0 unspecified atom stereocenters. The molecule has 1 saturated heterocycles. The van der Waals surface area contributed by atoms with Gasteiger partial charge in [0.2, 0.25) is 0 Å². The van der Waals surface area contributed by atoms with Gasteiger partial charge in [0.15, 0.2) is 0 Å². The first kappa shape index (κ1) is 27.9. The number of allylic oxidation sites excluding steroid dienone is 2. The molecule has 0 radical (unpaired) electrons. The molecular formula is C31H44N4O3. The number of piperazine rings is 1. The lowest BCUT2D eigenvalue weighted by Gasteiger charge is -2.41. The minimum Gasteiger partial charge on any atom is -0.497 e. The lowest BCUT2D eigenvalue weighted by Crippen LogP contribution is -2.55. The molecule has 1 aromatic heterocycles. The Labute approximate surface area is 228 Å². The number of hydrogen-bond donors (Lipinski definition) is 0. The van der Waals surface area contributed by atoms with Crippen molar-refractivity contribution < 1.29 is 14.3 Å². The van der Waals surface area contributed by atoms with Gasteiger partial charge in [0.1, 0.15) is 23.5 Å². The molecule has 1 aromatic carbocycles. The monoisotopic (exact) mass is 520 g/mol. The second-order valence-corrected chi connectivity index (χ2v) is 11.6. The number of amides is 1. The van der Waals surface area contributed by atoms with Crippen molar-refractivity contribution in [2.75, 3.05) is 31.6 Å². The molecule has 1 amide bonds. The zero-order valence-electron chi connectivity index (χ0n) is 24.0. The number of unbranched alkanes of at least 4 members (excludes halogenated alkanes) is 1. The van der Waals surface area contributed by atoms with Gasteiger partial charge in [-0.05, 0) is 102 Å². The second kappa shape index (κ2) is 12.2. The molecule has 1 saturated carbocycles. The largest absolute Gasteiger partial charge is 0.497 e. The highest BCUT2D eigenvalue weighted by molar-refractivity contribution is 5.79. The molecule has 0 spiro atoms. The minimum atomic E-state index is -0.496. The standard InChI is InChI=1S/C31H44N4O3/c1-7-26(24-15-16-24)28-27(14-9-8-11-23-12-10-13-25(19-23)37-6)32-21-33-29(28)35-18-17-34(20-22(35)2)30(36)38-31(3,4)5/h7,10,12-13,19,21-22,24H,8-9,11,14-18,20H2,1-6H3/b26-7-/t22-/m1/s1. The molecule has 0 bridgehead atoms. The molecule has 1 atom stereocenters. The molecule has 7 nitrogen and oxygen atoms in total. The van der Waals surface area contributed by atoms with Crippen LogP contribution in [0.3, 0.4) is 0 Å².